The largest absolute Gasteiger partial charge is 0.491 e. The van der Waals surface area contributed by atoms with Crippen molar-refractivity contribution in [2.45, 2.75) is 25.2 Å². The minimum Gasteiger partial charge on any atom is -0.491 e. The van der Waals surface area contributed by atoms with E-state index in [1.807, 2.05) is 6.07 Å². The van der Waals surface area contributed by atoms with Gasteiger partial charge in [0.15, 0.2) is 6.29 Å². The van der Waals surface area contributed by atoms with Crippen molar-refractivity contribution in [1.29, 1.82) is 0 Å². The van der Waals surface area contributed by atoms with Gasteiger partial charge in [-0.05, 0) is 31.0 Å². The maximum atomic E-state index is 9.63. The van der Waals surface area contributed by atoms with Crippen molar-refractivity contribution in [1.82, 2.24) is 0 Å². The van der Waals surface area contributed by atoms with Gasteiger partial charge in [0.05, 0.1) is 6.10 Å². The number of halogens is 1. The molecule has 0 bridgehead atoms. The average Bonchev–Trinajstić information content (AvgIpc) is 2.88. The Hall–Kier alpha value is -0.620. The lowest BCUT2D eigenvalue weighted by Crippen LogP contribution is -2.16. The summed E-state index contributed by atoms with van der Waals surface area (Å²) in [5.74, 6) is 0.700. The monoisotopic (exact) mass is 316 g/mol. The summed E-state index contributed by atoms with van der Waals surface area (Å²) >= 11 is 3.39. The number of aliphatic hydroxyl groups is 1. The van der Waals surface area contributed by atoms with Crippen molar-refractivity contribution >= 4 is 15.9 Å². The fourth-order valence-electron chi connectivity index (χ4n) is 1.91. The number of benzene rings is 1. The third-order valence-corrected chi connectivity index (χ3v) is 3.32. The highest BCUT2D eigenvalue weighted by atomic mass is 79.9. The molecule has 2 atom stereocenters. The second-order valence-corrected chi connectivity index (χ2v) is 5.17. The number of hydrogen-bond donors (Lipinski definition) is 1. The van der Waals surface area contributed by atoms with Gasteiger partial charge in [-0.15, -0.1) is 0 Å². The highest BCUT2D eigenvalue weighted by molar-refractivity contribution is 9.10. The first-order chi connectivity index (χ1) is 8.69. The zero-order valence-electron chi connectivity index (χ0n) is 10.3. The molecule has 1 saturated heterocycles. The second-order valence-electron chi connectivity index (χ2n) is 4.25. The summed E-state index contributed by atoms with van der Waals surface area (Å²) < 4.78 is 16.9. The predicted octanol–water partition coefficient (Wildman–Crippen LogP) is 2.64. The molecule has 4 nitrogen and oxygen atoms in total. The first-order valence-electron chi connectivity index (χ1n) is 5.95. The van der Waals surface area contributed by atoms with Crippen LogP contribution >= 0.6 is 15.9 Å². The zero-order chi connectivity index (χ0) is 13.0. The molecule has 0 spiro atoms. The van der Waals surface area contributed by atoms with Crippen molar-refractivity contribution in [2.24, 2.45) is 0 Å². The Kier molecular flexibility index (Phi) is 5.00. The Labute approximate surface area is 115 Å². The second kappa shape index (κ2) is 6.52. The minimum absolute atomic E-state index is 0.180. The molecular weight excluding hydrogens is 300 g/mol. The van der Waals surface area contributed by atoms with Gasteiger partial charge in [-0.3, -0.25) is 0 Å². The van der Waals surface area contributed by atoms with Crippen LogP contribution in [0.2, 0.25) is 0 Å². The Morgan fingerprint density at radius 1 is 1.50 bits per heavy atom. The van der Waals surface area contributed by atoms with E-state index < -0.39 is 6.29 Å². The van der Waals surface area contributed by atoms with Crippen LogP contribution in [0.1, 0.15) is 24.7 Å². The molecular formula is C13H17BrO4. The van der Waals surface area contributed by atoms with Crippen molar-refractivity contribution in [3.63, 3.8) is 0 Å². The Morgan fingerprint density at radius 2 is 2.33 bits per heavy atom. The molecule has 1 fully saturated rings. The minimum atomic E-state index is -0.937. The zero-order valence-corrected chi connectivity index (χ0v) is 11.9. The summed E-state index contributed by atoms with van der Waals surface area (Å²) in [4.78, 5) is 0. The van der Waals surface area contributed by atoms with Crippen LogP contribution in [0.15, 0.2) is 22.7 Å². The van der Waals surface area contributed by atoms with Crippen molar-refractivity contribution in [3.05, 3.63) is 28.2 Å². The molecule has 0 radical (unpaired) electrons. The van der Waals surface area contributed by atoms with Gasteiger partial charge in [-0.1, -0.05) is 15.9 Å². The average molecular weight is 317 g/mol. The number of rotatable bonds is 5. The number of hydrogen-bond acceptors (Lipinski definition) is 4. The van der Waals surface area contributed by atoms with Gasteiger partial charge in [0, 0.05) is 23.8 Å². The van der Waals surface area contributed by atoms with Gasteiger partial charge in [0.2, 0.25) is 0 Å². The number of methoxy groups -OCH3 is 1. The van der Waals surface area contributed by atoms with Gasteiger partial charge in [0.25, 0.3) is 0 Å². The van der Waals surface area contributed by atoms with Crippen LogP contribution in [0.3, 0.4) is 0 Å². The van der Waals surface area contributed by atoms with Gasteiger partial charge in [0.1, 0.15) is 12.4 Å². The lowest BCUT2D eigenvalue weighted by molar-refractivity contribution is -0.0771. The van der Waals surface area contributed by atoms with Gasteiger partial charge >= 0.3 is 0 Å². The highest BCUT2D eigenvalue weighted by Gasteiger charge is 2.16. The van der Waals surface area contributed by atoms with Gasteiger partial charge in [-0.25, -0.2) is 0 Å². The molecule has 5 heteroatoms. The van der Waals surface area contributed by atoms with E-state index in [2.05, 4.69) is 15.9 Å². The molecule has 1 N–H and O–H groups in total. The van der Waals surface area contributed by atoms with E-state index in [4.69, 9.17) is 14.2 Å². The van der Waals surface area contributed by atoms with Crippen molar-refractivity contribution < 1.29 is 19.3 Å². The van der Waals surface area contributed by atoms with E-state index in [0.29, 0.717) is 17.9 Å². The van der Waals surface area contributed by atoms with Crippen LogP contribution in [0.5, 0.6) is 5.75 Å². The summed E-state index contributed by atoms with van der Waals surface area (Å²) in [5.41, 5.74) is 0.661. The lowest BCUT2D eigenvalue weighted by atomic mass is 10.2. The standard InChI is InChI=1S/C13H17BrO4/c1-16-13(15)9-5-10(14)7-12(6-9)18-8-11-3-2-4-17-11/h5-7,11,13,15H,2-4,8H2,1H3/t11-,13?/m1/s1. The maximum Gasteiger partial charge on any atom is 0.180 e. The lowest BCUT2D eigenvalue weighted by Gasteiger charge is -2.14. The van der Waals surface area contributed by atoms with Crippen molar-refractivity contribution in [3.8, 4) is 5.75 Å². The number of aliphatic hydroxyl groups excluding tert-OH is 1. The predicted molar refractivity (Wildman–Crippen MR) is 70.6 cm³/mol. The maximum absolute atomic E-state index is 9.63. The van der Waals surface area contributed by atoms with Crippen LogP contribution in [0.25, 0.3) is 0 Å². The summed E-state index contributed by atoms with van der Waals surface area (Å²) in [7, 11) is 1.46. The summed E-state index contributed by atoms with van der Waals surface area (Å²) in [5, 5.41) is 9.63. The molecule has 0 aliphatic carbocycles. The van der Waals surface area contributed by atoms with Crippen LogP contribution in [-0.2, 0) is 9.47 Å². The van der Waals surface area contributed by atoms with E-state index >= 15 is 0 Å². The first-order valence-corrected chi connectivity index (χ1v) is 6.74. The molecule has 1 aromatic rings. The SMILES string of the molecule is COC(O)c1cc(Br)cc(OC[C@H]2CCCO2)c1. The third kappa shape index (κ3) is 3.68. The van der Waals surface area contributed by atoms with Crippen LogP contribution in [-0.4, -0.2) is 31.5 Å². The highest BCUT2D eigenvalue weighted by Crippen LogP contribution is 2.26. The molecule has 2 rings (SSSR count). The summed E-state index contributed by atoms with van der Waals surface area (Å²) in [6.07, 6.45) is 1.38. The molecule has 100 valence electrons. The third-order valence-electron chi connectivity index (χ3n) is 2.86. The first kappa shape index (κ1) is 13.8. The van der Waals surface area contributed by atoms with Crippen LogP contribution in [0.4, 0.5) is 0 Å². The van der Waals surface area contributed by atoms with E-state index in [0.717, 1.165) is 23.9 Å². The molecule has 18 heavy (non-hydrogen) atoms. The molecule has 0 amide bonds. The van der Waals surface area contributed by atoms with E-state index in [-0.39, 0.29) is 6.10 Å². The molecule has 1 aromatic carbocycles. The van der Waals surface area contributed by atoms with E-state index in [1.165, 1.54) is 7.11 Å². The molecule has 1 heterocycles. The van der Waals surface area contributed by atoms with Crippen LogP contribution < -0.4 is 4.74 Å². The normalized spacial score (nSPS) is 20.9. The topological polar surface area (TPSA) is 47.9 Å². The Balaban J connectivity index is 2.00. The molecule has 1 unspecified atom stereocenters. The summed E-state index contributed by atoms with van der Waals surface area (Å²) in [6.45, 7) is 1.36. The molecule has 1 aliphatic heterocycles. The quantitative estimate of drug-likeness (QED) is 0.848. The van der Waals surface area contributed by atoms with Gasteiger partial charge < -0.3 is 19.3 Å². The molecule has 0 aromatic heterocycles. The fourth-order valence-corrected chi connectivity index (χ4v) is 2.40. The molecule has 1 aliphatic rings. The van der Waals surface area contributed by atoms with E-state index in [9.17, 15) is 5.11 Å². The Bertz CT molecular complexity index is 391. The smallest absolute Gasteiger partial charge is 0.180 e. The van der Waals surface area contributed by atoms with Crippen LogP contribution in [0, 0.1) is 0 Å². The summed E-state index contributed by atoms with van der Waals surface area (Å²) in [6, 6.07) is 5.43. The number of ether oxygens (including phenoxy) is 3. The Morgan fingerprint density at radius 3 is 3.00 bits per heavy atom. The molecule has 0 saturated carbocycles. The van der Waals surface area contributed by atoms with Crippen molar-refractivity contribution in [2.75, 3.05) is 20.3 Å². The van der Waals surface area contributed by atoms with Gasteiger partial charge in [-0.2, -0.15) is 0 Å². The van der Waals surface area contributed by atoms with E-state index in [1.54, 1.807) is 12.1 Å². The fraction of sp³-hybridized carbons (Fsp3) is 0.538.